The maximum atomic E-state index is 11.4. The van der Waals surface area contributed by atoms with Gasteiger partial charge in [0, 0.05) is 0 Å². The molecule has 0 amide bonds. The Morgan fingerprint density at radius 3 is 2.75 bits per heavy atom. The quantitative estimate of drug-likeness (QED) is 0.630. The fourth-order valence-electron chi connectivity index (χ4n) is 2.62. The summed E-state index contributed by atoms with van der Waals surface area (Å²) in [4.78, 5) is 16.1. The van der Waals surface area contributed by atoms with Crippen molar-refractivity contribution in [3.8, 4) is 16.3 Å². The van der Waals surface area contributed by atoms with Crippen molar-refractivity contribution in [1.29, 1.82) is 0 Å². The lowest BCUT2D eigenvalue weighted by atomic mass is 10.0. The highest BCUT2D eigenvalue weighted by Crippen LogP contribution is 2.40. The van der Waals surface area contributed by atoms with Crippen LogP contribution < -0.4 is 4.74 Å². The van der Waals surface area contributed by atoms with E-state index in [1.165, 1.54) is 11.3 Å². The van der Waals surface area contributed by atoms with Crippen molar-refractivity contribution in [2.75, 3.05) is 6.61 Å². The van der Waals surface area contributed by atoms with Gasteiger partial charge in [0.15, 0.2) is 0 Å². The third-order valence-corrected chi connectivity index (χ3v) is 5.01. The fraction of sp³-hybridized carbons (Fsp3) is 0.263. The van der Waals surface area contributed by atoms with Crippen molar-refractivity contribution in [3.05, 3.63) is 47.0 Å². The number of carboxylic acids is 1. The molecule has 0 radical (unpaired) electrons. The number of fused-ring (bicyclic) bond motifs is 1. The van der Waals surface area contributed by atoms with Gasteiger partial charge >= 0.3 is 5.97 Å². The van der Waals surface area contributed by atoms with Crippen molar-refractivity contribution in [2.45, 2.75) is 26.7 Å². The van der Waals surface area contributed by atoms with E-state index in [4.69, 9.17) is 4.74 Å². The van der Waals surface area contributed by atoms with Gasteiger partial charge in [-0.15, -0.1) is 11.3 Å². The van der Waals surface area contributed by atoms with E-state index in [1.54, 1.807) is 6.92 Å². The number of aromatic nitrogens is 1. The minimum atomic E-state index is -0.940. The van der Waals surface area contributed by atoms with Crippen LogP contribution in [0.1, 0.15) is 35.1 Å². The highest BCUT2D eigenvalue weighted by Gasteiger charge is 2.19. The van der Waals surface area contributed by atoms with Crippen LogP contribution >= 0.6 is 11.3 Å². The Hall–Kier alpha value is -2.40. The topological polar surface area (TPSA) is 59.4 Å². The number of thiazole rings is 1. The molecule has 0 bridgehead atoms. The number of ether oxygens (including phenoxy) is 1. The minimum absolute atomic E-state index is 0.275. The highest BCUT2D eigenvalue weighted by atomic mass is 32.1. The molecule has 5 heteroatoms. The van der Waals surface area contributed by atoms with Gasteiger partial charge in [-0.2, -0.15) is 0 Å². The average Bonchev–Trinajstić information content (AvgIpc) is 2.96. The summed E-state index contributed by atoms with van der Waals surface area (Å²) in [6.07, 6.45) is 2.03. The van der Waals surface area contributed by atoms with Crippen LogP contribution in [0.5, 0.6) is 5.75 Å². The maximum Gasteiger partial charge on any atom is 0.347 e. The molecule has 24 heavy (non-hydrogen) atoms. The van der Waals surface area contributed by atoms with Crippen molar-refractivity contribution >= 4 is 28.1 Å². The molecule has 3 rings (SSSR count). The van der Waals surface area contributed by atoms with E-state index in [1.807, 2.05) is 36.4 Å². The first-order chi connectivity index (χ1) is 11.6. The molecule has 0 aliphatic carbocycles. The van der Waals surface area contributed by atoms with Gasteiger partial charge in [0.25, 0.3) is 0 Å². The standard InChI is InChI=1S/C19H19NO3S/c1-3-4-11-23-15-10-9-13-7-5-6-8-14(13)16(15)18-20-12(2)17(24-18)19(21)22/h5-10H,3-4,11H2,1-2H3,(H,21,22). The molecule has 1 heterocycles. The number of aromatic carboxylic acids is 1. The lowest BCUT2D eigenvalue weighted by Gasteiger charge is -2.12. The molecule has 0 saturated carbocycles. The zero-order chi connectivity index (χ0) is 17.1. The van der Waals surface area contributed by atoms with E-state index in [-0.39, 0.29) is 4.88 Å². The summed E-state index contributed by atoms with van der Waals surface area (Å²) in [7, 11) is 0. The van der Waals surface area contributed by atoms with Crippen LogP contribution in [0.15, 0.2) is 36.4 Å². The molecule has 1 N–H and O–H groups in total. The average molecular weight is 341 g/mol. The molecule has 0 aliphatic heterocycles. The summed E-state index contributed by atoms with van der Waals surface area (Å²) in [6.45, 7) is 4.48. The molecule has 3 aromatic rings. The normalized spacial score (nSPS) is 10.9. The summed E-state index contributed by atoms with van der Waals surface area (Å²) < 4.78 is 5.97. The summed E-state index contributed by atoms with van der Waals surface area (Å²) in [5, 5.41) is 12.1. The van der Waals surface area contributed by atoms with Gasteiger partial charge in [0.2, 0.25) is 0 Å². The van der Waals surface area contributed by atoms with Crippen LogP contribution in [0.25, 0.3) is 21.3 Å². The number of carbonyl (C=O) groups is 1. The maximum absolute atomic E-state index is 11.4. The van der Waals surface area contributed by atoms with E-state index in [9.17, 15) is 9.90 Å². The van der Waals surface area contributed by atoms with Gasteiger partial charge in [-0.1, -0.05) is 43.7 Å². The van der Waals surface area contributed by atoms with Crippen molar-refractivity contribution in [2.24, 2.45) is 0 Å². The Bertz CT molecular complexity index is 885. The molecular weight excluding hydrogens is 322 g/mol. The fourth-order valence-corrected chi connectivity index (χ4v) is 3.59. The highest BCUT2D eigenvalue weighted by molar-refractivity contribution is 7.17. The largest absolute Gasteiger partial charge is 0.493 e. The number of carboxylic acid groups (broad SMARTS) is 1. The first-order valence-electron chi connectivity index (χ1n) is 7.97. The molecule has 2 aromatic carbocycles. The number of rotatable bonds is 6. The van der Waals surface area contributed by atoms with Crippen LogP contribution in [0.2, 0.25) is 0 Å². The number of nitrogens with zero attached hydrogens (tertiary/aromatic N) is 1. The van der Waals surface area contributed by atoms with Gasteiger partial charge in [0.1, 0.15) is 15.6 Å². The number of aryl methyl sites for hydroxylation is 1. The Morgan fingerprint density at radius 1 is 1.25 bits per heavy atom. The monoisotopic (exact) mass is 341 g/mol. The zero-order valence-electron chi connectivity index (χ0n) is 13.7. The molecule has 0 saturated heterocycles. The zero-order valence-corrected chi connectivity index (χ0v) is 14.5. The van der Waals surface area contributed by atoms with Crippen LogP contribution in [0.4, 0.5) is 0 Å². The molecule has 0 fully saturated rings. The van der Waals surface area contributed by atoms with Crippen molar-refractivity contribution in [1.82, 2.24) is 4.98 Å². The third-order valence-electron chi connectivity index (χ3n) is 3.85. The molecule has 0 unspecified atom stereocenters. The molecule has 0 aliphatic rings. The van der Waals surface area contributed by atoms with E-state index in [0.717, 1.165) is 34.9 Å². The predicted octanol–water partition coefficient (Wildman–Crippen LogP) is 5.15. The second-order valence-corrected chi connectivity index (χ2v) is 6.60. The lowest BCUT2D eigenvalue weighted by molar-refractivity contribution is 0.0701. The Morgan fingerprint density at radius 2 is 2.04 bits per heavy atom. The first kappa shape index (κ1) is 16.5. The van der Waals surface area contributed by atoms with Gasteiger partial charge in [-0.3, -0.25) is 0 Å². The molecule has 1 aromatic heterocycles. The predicted molar refractivity (Wildman–Crippen MR) is 97.2 cm³/mol. The number of unbranched alkanes of at least 4 members (excludes halogenated alkanes) is 1. The molecule has 0 spiro atoms. The Balaban J connectivity index is 2.17. The van der Waals surface area contributed by atoms with Gasteiger partial charge in [-0.25, -0.2) is 9.78 Å². The summed E-state index contributed by atoms with van der Waals surface area (Å²) >= 11 is 1.20. The smallest absolute Gasteiger partial charge is 0.347 e. The Kier molecular flexibility index (Phi) is 4.81. The van der Waals surface area contributed by atoms with Crippen LogP contribution in [-0.4, -0.2) is 22.7 Å². The summed E-state index contributed by atoms with van der Waals surface area (Å²) in [6, 6.07) is 12.0. The van der Waals surface area contributed by atoms with E-state index in [2.05, 4.69) is 11.9 Å². The number of benzene rings is 2. The number of hydrogen-bond donors (Lipinski definition) is 1. The van der Waals surface area contributed by atoms with E-state index in [0.29, 0.717) is 17.3 Å². The third kappa shape index (κ3) is 3.12. The lowest BCUT2D eigenvalue weighted by Crippen LogP contribution is -1.98. The van der Waals surface area contributed by atoms with Crippen LogP contribution in [-0.2, 0) is 0 Å². The van der Waals surface area contributed by atoms with Crippen LogP contribution in [0, 0.1) is 6.92 Å². The van der Waals surface area contributed by atoms with Gasteiger partial charge < -0.3 is 9.84 Å². The molecular formula is C19H19NO3S. The second-order valence-electron chi connectivity index (χ2n) is 5.60. The SMILES string of the molecule is CCCCOc1ccc2ccccc2c1-c1nc(C)c(C(=O)O)s1. The van der Waals surface area contributed by atoms with E-state index < -0.39 is 5.97 Å². The number of hydrogen-bond acceptors (Lipinski definition) is 4. The van der Waals surface area contributed by atoms with E-state index >= 15 is 0 Å². The van der Waals surface area contributed by atoms with Gasteiger partial charge in [-0.05, 0) is 30.2 Å². The molecule has 4 nitrogen and oxygen atoms in total. The summed E-state index contributed by atoms with van der Waals surface area (Å²) in [5.41, 5.74) is 1.42. The summed E-state index contributed by atoms with van der Waals surface area (Å²) in [5.74, 6) is -0.183. The Labute approximate surface area is 144 Å². The first-order valence-corrected chi connectivity index (χ1v) is 8.79. The molecule has 124 valence electrons. The van der Waals surface area contributed by atoms with Gasteiger partial charge in [0.05, 0.1) is 17.9 Å². The van der Waals surface area contributed by atoms with Crippen LogP contribution in [0.3, 0.4) is 0 Å². The second kappa shape index (κ2) is 7.01. The van der Waals surface area contributed by atoms with Crippen molar-refractivity contribution in [3.63, 3.8) is 0 Å². The van der Waals surface area contributed by atoms with Crippen molar-refractivity contribution < 1.29 is 14.6 Å². The minimum Gasteiger partial charge on any atom is -0.493 e. The molecule has 0 atom stereocenters.